The van der Waals surface area contributed by atoms with Crippen LogP contribution in [0.5, 0.6) is 0 Å². The van der Waals surface area contributed by atoms with Crippen molar-refractivity contribution in [3.05, 3.63) is 71.3 Å². The highest BCUT2D eigenvalue weighted by atomic mass is 16.5. The van der Waals surface area contributed by atoms with E-state index in [0.717, 1.165) is 37.1 Å². The molecule has 0 atom stereocenters. The zero-order valence-electron chi connectivity index (χ0n) is 14.3. The summed E-state index contributed by atoms with van der Waals surface area (Å²) < 4.78 is 4.97. The Labute approximate surface area is 144 Å². The van der Waals surface area contributed by atoms with E-state index < -0.39 is 0 Å². The Kier molecular flexibility index (Phi) is 8.01. The summed E-state index contributed by atoms with van der Waals surface area (Å²) in [7, 11) is 1.68. The van der Waals surface area contributed by atoms with Gasteiger partial charge in [-0.3, -0.25) is 4.79 Å². The maximum atomic E-state index is 12.4. The summed E-state index contributed by atoms with van der Waals surface area (Å²) in [6.07, 6.45) is 1.80. The Morgan fingerprint density at radius 3 is 2.46 bits per heavy atom. The first-order valence-corrected chi connectivity index (χ1v) is 8.41. The molecule has 0 heterocycles. The molecule has 2 N–H and O–H groups in total. The molecule has 128 valence electrons. The number of carbonyl (C=O) groups excluding carboxylic acids is 1. The third kappa shape index (κ3) is 6.14. The topological polar surface area (TPSA) is 50.4 Å². The van der Waals surface area contributed by atoms with Crippen LogP contribution in [0.2, 0.25) is 0 Å². The number of nitrogens with one attached hydrogen (secondary N) is 2. The maximum absolute atomic E-state index is 12.4. The molecule has 2 aromatic carbocycles. The van der Waals surface area contributed by atoms with E-state index in [1.807, 2.05) is 42.5 Å². The van der Waals surface area contributed by atoms with Crippen LogP contribution in [0.3, 0.4) is 0 Å². The zero-order chi connectivity index (χ0) is 17.0. The van der Waals surface area contributed by atoms with Gasteiger partial charge >= 0.3 is 0 Å². The molecular weight excluding hydrogens is 300 g/mol. The number of ether oxygens (including phenoxy) is 1. The fraction of sp³-hybridized carbons (Fsp3) is 0.350. The van der Waals surface area contributed by atoms with E-state index >= 15 is 0 Å². The zero-order valence-corrected chi connectivity index (χ0v) is 14.3. The number of aryl methyl sites for hydroxylation is 2. The van der Waals surface area contributed by atoms with Crippen LogP contribution in [0.1, 0.15) is 21.5 Å². The van der Waals surface area contributed by atoms with Crippen LogP contribution in [-0.4, -0.2) is 39.3 Å². The van der Waals surface area contributed by atoms with Gasteiger partial charge in [-0.05, 0) is 30.0 Å². The molecule has 24 heavy (non-hydrogen) atoms. The van der Waals surface area contributed by atoms with E-state index in [4.69, 9.17) is 4.74 Å². The van der Waals surface area contributed by atoms with Crippen LogP contribution in [0, 0.1) is 0 Å². The van der Waals surface area contributed by atoms with Gasteiger partial charge in [0.15, 0.2) is 0 Å². The lowest BCUT2D eigenvalue weighted by molar-refractivity contribution is 0.0952. The molecule has 0 spiro atoms. The van der Waals surface area contributed by atoms with Gasteiger partial charge in [-0.25, -0.2) is 0 Å². The first kappa shape index (κ1) is 18.2. The highest BCUT2D eigenvalue weighted by molar-refractivity contribution is 5.95. The Morgan fingerprint density at radius 2 is 1.67 bits per heavy atom. The van der Waals surface area contributed by atoms with Gasteiger partial charge in [0.1, 0.15) is 0 Å². The number of amides is 1. The molecule has 0 saturated carbocycles. The molecule has 0 unspecified atom stereocenters. The molecule has 2 aromatic rings. The monoisotopic (exact) mass is 326 g/mol. The number of carbonyl (C=O) groups is 1. The molecule has 2 rings (SSSR count). The minimum absolute atomic E-state index is 0.00722. The summed E-state index contributed by atoms with van der Waals surface area (Å²) in [6.45, 7) is 2.81. The average molecular weight is 326 g/mol. The van der Waals surface area contributed by atoms with Gasteiger partial charge in [0.2, 0.25) is 0 Å². The number of methoxy groups -OCH3 is 1. The average Bonchev–Trinajstić information content (AvgIpc) is 2.64. The fourth-order valence-corrected chi connectivity index (χ4v) is 2.54. The van der Waals surface area contributed by atoms with Crippen molar-refractivity contribution in [3.8, 4) is 0 Å². The lowest BCUT2D eigenvalue weighted by Gasteiger charge is -2.11. The quantitative estimate of drug-likeness (QED) is 0.659. The second-order valence-electron chi connectivity index (χ2n) is 5.64. The van der Waals surface area contributed by atoms with Crippen LogP contribution in [0.4, 0.5) is 0 Å². The van der Waals surface area contributed by atoms with Crippen molar-refractivity contribution in [1.29, 1.82) is 0 Å². The molecule has 0 aromatic heterocycles. The fourth-order valence-electron chi connectivity index (χ4n) is 2.54. The lowest BCUT2D eigenvalue weighted by Crippen LogP contribution is -2.33. The van der Waals surface area contributed by atoms with Crippen LogP contribution in [0.25, 0.3) is 0 Å². The molecule has 4 heteroatoms. The van der Waals surface area contributed by atoms with Crippen molar-refractivity contribution in [2.24, 2.45) is 0 Å². The summed E-state index contributed by atoms with van der Waals surface area (Å²) in [5.74, 6) is -0.00722. The summed E-state index contributed by atoms with van der Waals surface area (Å²) in [5.41, 5.74) is 3.14. The summed E-state index contributed by atoms with van der Waals surface area (Å²) in [5, 5.41) is 6.19. The normalized spacial score (nSPS) is 10.5. The molecule has 0 aliphatic heterocycles. The second-order valence-corrected chi connectivity index (χ2v) is 5.64. The SMILES string of the molecule is COCCNCCNC(=O)c1ccccc1CCc1ccccc1. The largest absolute Gasteiger partial charge is 0.383 e. The summed E-state index contributed by atoms with van der Waals surface area (Å²) in [6, 6.07) is 18.2. The minimum atomic E-state index is -0.00722. The predicted octanol–water partition coefficient (Wildman–Crippen LogP) is 2.44. The van der Waals surface area contributed by atoms with Crippen molar-refractivity contribution < 1.29 is 9.53 Å². The van der Waals surface area contributed by atoms with E-state index in [2.05, 4.69) is 22.8 Å². The summed E-state index contributed by atoms with van der Waals surface area (Å²) >= 11 is 0. The molecule has 0 aliphatic carbocycles. The van der Waals surface area contributed by atoms with Crippen molar-refractivity contribution in [1.82, 2.24) is 10.6 Å². The van der Waals surface area contributed by atoms with Gasteiger partial charge < -0.3 is 15.4 Å². The second kappa shape index (κ2) is 10.6. The Bertz CT molecular complexity index is 614. The van der Waals surface area contributed by atoms with Gasteiger partial charge in [-0.2, -0.15) is 0 Å². The smallest absolute Gasteiger partial charge is 0.251 e. The molecule has 0 saturated heterocycles. The van der Waals surface area contributed by atoms with E-state index in [-0.39, 0.29) is 5.91 Å². The maximum Gasteiger partial charge on any atom is 0.251 e. The highest BCUT2D eigenvalue weighted by Gasteiger charge is 2.10. The number of hydrogen-bond acceptors (Lipinski definition) is 3. The first-order valence-electron chi connectivity index (χ1n) is 8.41. The van der Waals surface area contributed by atoms with E-state index in [1.54, 1.807) is 7.11 Å². The molecule has 0 bridgehead atoms. The van der Waals surface area contributed by atoms with Crippen LogP contribution in [0.15, 0.2) is 54.6 Å². The Morgan fingerprint density at radius 1 is 0.917 bits per heavy atom. The standard InChI is InChI=1S/C20H26N2O2/c1-24-16-15-21-13-14-22-20(23)19-10-6-5-9-18(19)12-11-17-7-3-2-4-8-17/h2-10,21H,11-16H2,1H3,(H,22,23). The van der Waals surface area contributed by atoms with Gasteiger partial charge in [-0.1, -0.05) is 48.5 Å². The minimum Gasteiger partial charge on any atom is -0.383 e. The van der Waals surface area contributed by atoms with Crippen LogP contribution >= 0.6 is 0 Å². The Balaban J connectivity index is 1.84. The van der Waals surface area contributed by atoms with Crippen molar-refractivity contribution in [2.75, 3.05) is 33.4 Å². The van der Waals surface area contributed by atoms with Crippen molar-refractivity contribution in [3.63, 3.8) is 0 Å². The third-order valence-corrected chi connectivity index (χ3v) is 3.86. The predicted molar refractivity (Wildman–Crippen MR) is 97.4 cm³/mol. The van der Waals surface area contributed by atoms with Gasteiger partial charge in [-0.15, -0.1) is 0 Å². The van der Waals surface area contributed by atoms with E-state index in [0.29, 0.717) is 13.2 Å². The molecule has 0 fully saturated rings. The Hall–Kier alpha value is -2.17. The highest BCUT2D eigenvalue weighted by Crippen LogP contribution is 2.12. The molecule has 1 amide bonds. The van der Waals surface area contributed by atoms with Gasteiger partial charge in [0.25, 0.3) is 5.91 Å². The number of hydrogen-bond donors (Lipinski definition) is 2. The van der Waals surface area contributed by atoms with Gasteiger partial charge in [0, 0.05) is 32.3 Å². The molecular formula is C20H26N2O2. The van der Waals surface area contributed by atoms with Crippen molar-refractivity contribution in [2.45, 2.75) is 12.8 Å². The van der Waals surface area contributed by atoms with Crippen LogP contribution < -0.4 is 10.6 Å². The van der Waals surface area contributed by atoms with E-state index in [1.165, 1.54) is 5.56 Å². The first-order chi connectivity index (χ1) is 11.8. The molecule has 4 nitrogen and oxygen atoms in total. The summed E-state index contributed by atoms with van der Waals surface area (Å²) in [4.78, 5) is 12.4. The van der Waals surface area contributed by atoms with Crippen molar-refractivity contribution >= 4 is 5.91 Å². The van der Waals surface area contributed by atoms with E-state index in [9.17, 15) is 4.79 Å². The lowest BCUT2D eigenvalue weighted by atomic mass is 9.99. The molecule has 0 radical (unpaired) electrons. The number of rotatable bonds is 10. The number of benzene rings is 2. The third-order valence-electron chi connectivity index (χ3n) is 3.86. The van der Waals surface area contributed by atoms with Gasteiger partial charge in [0.05, 0.1) is 6.61 Å². The molecule has 0 aliphatic rings. The van der Waals surface area contributed by atoms with Crippen LogP contribution in [-0.2, 0) is 17.6 Å².